The van der Waals surface area contributed by atoms with Gasteiger partial charge in [0.2, 0.25) is 0 Å². The Bertz CT molecular complexity index is 841. The Labute approximate surface area is 160 Å². The lowest BCUT2D eigenvalue weighted by Gasteiger charge is -2.51. The van der Waals surface area contributed by atoms with Gasteiger partial charge in [0, 0.05) is 31.5 Å². The van der Waals surface area contributed by atoms with Gasteiger partial charge in [0.25, 0.3) is 0 Å². The topological polar surface area (TPSA) is 27.7 Å². The Morgan fingerprint density at radius 1 is 1.20 bits per heavy atom. The van der Waals surface area contributed by atoms with Crippen molar-refractivity contribution >= 4 is 33.0 Å². The molecule has 2 aromatic rings. The Balaban J connectivity index is 1.57. The zero-order valence-electron chi connectivity index (χ0n) is 14.0. The van der Waals surface area contributed by atoms with E-state index in [1.165, 1.54) is 16.1 Å². The normalized spacial score (nSPS) is 25.0. The molecule has 0 bridgehead atoms. The molecule has 1 aromatic carbocycles. The van der Waals surface area contributed by atoms with Crippen molar-refractivity contribution < 1.29 is 4.74 Å². The molecule has 0 saturated carbocycles. The van der Waals surface area contributed by atoms with E-state index in [2.05, 4.69) is 80.8 Å². The maximum atomic E-state index is 6.61. The number of fused-ring (bicyclic) bond motifs is 4. The van der Waals surface area contributed by atoms with E-state index in [-0.39, 0.29) is 11.8 Å². The molecule has 1 N–H and O–H groups in total. The van der Waals surface area contributed by atoms with Crippen LogP contribution in [0.2, 0.25) is 0 Å². The lowest BCUT2D eigenvalue weighted by Crippen LogP contribution is -2.63. The van der Waals surface area contributed by atoms with Gasteiger partial charge in [0.05, 0.1) is 20.4 Å². The van der Waals surface area contributed by atoms with Gasteiger partial charge in [-0.25, -0.2) is 0 Å². The maximum Gasteiger partial charge on any atom is 0.182 e. The highest BCUT2D eigenvalue weighted by Crippen LogP contribution is 2.48. The van der Waals surface area contributed by atoms with Crippen molar-refractivity contribution in [2.75, 3.05) is 20.1 Å². The first-order chi connectivity index (χ1) is 12.1. The molecule has 0 aliphatic carbocycles. The lowest BCUT2D eigenvalue weighted by atomic mass is 9.93. The second-order valence-electron chi connectivity index (χ2n) is 7.00. The fourth-order valence-electron chi connectivity index (χ4n) is 4.03. The SMILES string of the molecule is CN1CCC2(CC1)Oc1ccccc1[C@H]1C=C(c3ccc(Br)s3)NN12. The summed E-state index contributed by atoms with van der Waals surface area (Å²) in [6.45, 7) is 2.10. The first-order valence-electron chi connectivity index (χ1n) is 8.65. The molecule has 3 aliphatic heterocycles. The maximum absolute atomic E-state index is 6.61. The second-order valence-corrected chi connectivity index (χ2v) is 9.46. The minimum absolute atomic E-state index is 0.212. The number of halogens is 1. The van der Waals surface area contributed by atoms with Crippen LogP contribution < -0.4 is 10.2 Å². The number of para-hydroxylation sites is 1. The van der Waals surface area contributed by atoms with Crippen molar-refractivity contribution in [3.8, 4) is 5.75 Å². The lowest BCUT2D eigenvalue weighted by molar-refractivity contribution is -0.157. The smallest absolute Gasteiger partial charge is 0.182 e. The van der Waals surface area contributed by atoms with Gasteiger partial charge in [-0.3, -0.25) is 0 Å². The minimum atomic E-state index is -0.279. The van der Waals surface area contributed by atoms with Crippen LogP contribution in [0, 0.1) is 0 Å². The summed E-state index contributed by atoms with van der Waals surface area (Å²) >= 11 is 5.34. The van der Waals surface area contributed by atoms with E-state index in [0.29, 0.717) is 0 Å². The molecule has 0 unspecified atom stereocenters. The van der Waals surface area contributed by atoms with Gasteiger partial charge >= 0.3 is 0 Å². The molecule has 5 rings (SSSR count). The molecule has 4 heterocycles. The average Bonchev–Trinajstić information content (AvgIpc) is 3.25. The summed E-state index contributed by atoms with van der Waals surface area (Å²) < 4.78 is 7.76. The number of nitrogens with one attached hydrogen (secondary N) is 1. The number of ether oxygens (including phenoxy) is 1. The summed E-state index contributed by atoms with van der Waals surface area (Å²) in [5.74, 6) is 1.03. The Morgan fingerprint density at radius 3 is 2.76 bits per heavy atom. The molecule has 1 atom stereocenters. The molecule has 25 heavy (non-hydrogen) atoms. The second kappa shape index (κ2) is 5.84. The van der Waals surface area contributed by atoms with Gasteiger partial charge in [-0.1, -0.05) is 18.2 Å². The van der Waals surface area contributed by atoms with Gasteiger partial charge in [0.15, 0.2) is 5.72 Å². The van der Waals surface area contributed by atoms with Crippen molar-refractivity contribution in [1.29, 1.82) is 0 Å². The van der Waals surface area contributed by atoms with Crippen LogP contribution in [0.1, 0.15) is 29.3 Å². The molecular weight excluding hydrogens is 398 g/mol. The minimum Gasteiger partial charge on any atom is -0.470 e. The fraction of sp³-hybridized carbons (Fsp3) is 0.368. The summed E-state index contributed by atoms with van der Waals surface area (Å²) in [5.41, 5.74) is 5.82. The molecule has 1 aromatic heterocycles. The standard InChI is InChI=1S/C19H20BrN3OS/c1-22-10-8-19(9-11-22)23-15(13-4-2-3-5-16(13)24-19)12-14(21-23)17-6-7-18(20)25-17/h2-7,12,15,21H,8-11H2,1H3/t15-/m1/s1. The molecule has 1 saturated heterocycles. The number of benzene rings is 1. The highest BCUT2D eigenvalue weighted by atomic mass is 79.9. The van der Waals surface area contributed by atoms with Crippen LogP contribution in [-0.2, 0) is 0 Å². The number of rotatable bonds is 1. The molecule has 0 amide bonds. The molecule has 130 valence electrons. The number of likely N-dealkylation sites (tertiary alicyclic amines) is 1. The third-order valence-corrected chi connectivity index (χ3v) is 7.08. The summed E-state index contributed by atoms with van der Waals surface area (Å²) in [4.78, 5) is 3.63. The predicted octanol–water partition coefficient (Wildman–Crippen LogP) is 4.23. The van der Waals surface area contributed by atoms with Gasteiger partial charge in [0.1, 0.15) is 5.75 Å². The monoisotopic (exact) mass is 417 g/mol. The van der Waals surface area contributed by atoms with E-state index in [1.807, 2.05) is 0 Å². The van der Waals surface area contributed by atoms with Crippen LogP contribution in [0.5, 0.6) is 5.75 Å². The molecule has 3 aliphatic rings. The molecular formula is C19H20BrN3OS. The van der Waals surface area contributed by atoms with E-state index in [4.69, 9.17) is 4.74 Å². The Morgan fingerprint density at radius 2 is 2.00 bits per heavy atom. The van der Waals surface area contributed by atoms with E-state index in [0.717, 1.165) is 35.5 Å². The van der Waals surface area contributed by atoms with Crippen LogP contribution in [0.3, 0.4) is 0 Å². The van der Waals surface area contributed by atoms with Gasteiger partial charge in [-0.05, 0) is 47.3 Å². The first-order valence-corrected chi connectivity index (χ1v) is 10.3. The number of thiophene rings is 1. The van der Waals surface area contributed by atoms with Crippen molar-refractivity contribution in [3.05, 3.63) is 56.7 Å². The van der Waals surface area contributed by atoms with Gasteiger partial charge in [-0.2, -0.15) is 5.01 Å². The average molecular weight is 418 g/mol. The summed E-state index contributed by atoms with van der Waals surface area (Å²) in [7, 11) is 2.19. The third kappa shape index (κ3) is 2.54. The summed E-state index contributed by atoms with van der Waals surface area (Å²) in [5, 5.41) is 2.35. The van der Waals surface area contributed by atoms with Crippen molar-refractivity contribution in [2.24, 2.45) is 0 Å². The summed E-state index contributed by atoms with van der Waals surface area (Å²) in [6.07, 6.45) is 4.34. The van der Waals surface area contributed by atoms with Crippen molar-refractivity contribution in [2.45, 2.75) is 24.6 Å². The van der Waals surface area contributed by atoms with Crippen LogP contribution in [0.15, 0.2) is 46.3 Å². The van der Waals surface area contributed by atoms with Crippen LogP contribution in [-0.4, -0.2) is 35.8 Å². The van der Waals surface area contributed by atoms with Crippen molar-refractivity contribution in [1.82, 2.24) is 15.3 Å². The zero-order valence-corrected chi connectivity index (χ0v) is 16.4. The largest absolute Gasteiger partial charge is 0.470 e. The van der Waals surface area contributed by atoms with Gasteiger partial charge in [-0.15, -0.1) is 11.3 Å². The number of piperidine rings is 1. The van der Waals surface area contributed by atoms with Crippen LogP contribution in [0.4, 0.5) is 0 Å². The first kappa shape index (κ1) is 15.9. The third-order valence-electron chi connectivity index (χ3n) is 5.43. The highest BCUT2D eigenvalue weighted by Gasteiger charge is 2.51. The summed E-state index contributed by atoms with van der Waals surface area (Å²) in [6, 6.07) is 12.9. The molecule has 1 spiro atoms. The van der Waals surface area contributed by atoms with Crippen LogP contribution in [0.25, 0.3) is 5.70 Å². The quantitative estimate of drug-likeness (QED) is 0.751. The number of hydrogen-bond donors (Lipinski definition) is 1. The van der Waals surface area contributed by atoms with E-state index < -0.39 is 0 Å². The molecule has 0 radical (unpaired) electrons. The van der Waals surface area contributed by atoms with E-state index in [1.54, 1.807) is 11.3 Å². The van der Waals surface area contributed by atoms with E-state index >= 15 is 0 Å². The number of hydrazine groups is 1. The van der Waals surface area contributed by atoms with Crippen molar-refractivity contribution in [3.63, 3.8) is 0 Å². The zero-order chi connectivity index (χ0) is 17.0. The predicted molar refractivity (Wildman–Crippen MR) is 104 cm³/mol. The number of nitrogens with zero attached hydrogens (tertiary/aromatic N) is 2. The molecule has 4 nitrogen and oxygen atoms in total. The van der Waals surface area contributed by atoms with E-state index in [9.17, 15) is 0 Å². The Kier molecular flexibility index (Phi) is 3.71. The number of hydrogen-bond acceptors (Lipinski definition) is 5. The van der Waals surface area contributed by atoms with Gasteiger partial charge < -0.3 is 15.1 Å². The van der Waals surface area contributed by atoms with Crippen LogP contribution >= 0.6 is 27.3 Å². The molecule has 6 heteroatoms. The Hall–Kier alpha value is -1.34. The highest BCUT2D eigenvalue weighted by molar-refractivity contribution is 9.11. The fourth-order valence-corrected chi connectivity index (χ4v) is 5.39. The molecule has 1 fully saturated rings.